The molecule has 0 aliphatic heterocycles. The van der Waals surface area contributed by atoms with Gasteiger partial charge in [-0.05, 0) is 28.1 Å². The number of nitrogens with one attached hydrogen (secondary N) is 2. The molecule has 1 heterocycles. The molecule has 0 saturated heterocycles. The van der Waals surface area contributed by atoms with E-state index in [2.05, 4.69) is 25.9 Å². The maximum atomic E-state index is 10.9. The van der Waals surface area contributed by atoms with Gasteiger partial charge >= 0.3 is 5.69 Å². The molecule has 0 atom stereocenters. The highest BCUT2D eigenvalue weighted by atomic mass is 79.9. The topological polar surface area (TPSA) is 48.6 Å². The van der Waals surface area contributed by atoms with Crippen LogP contribution in [0.15, 0.2) is 21.4 Å². The number of halogens is 2. The third-order valence-electron chi connectivity index (χ3n) is 1.58. The summed E-state index contributed by atoms with van der Waals surface area (Å²) in [6, 6.07) is 3.57. The lowest BCUT2D eigenvalue weighted by Gasteiger charge is -1.94. The number of aromatic amines is 2. The van der Waals surface area contributed by atoms with E-state index in [-0.39, 0.29) is 5.69 Å². The molecular weight excluding hydrogens is 243 g/mol. The predicted molar refractivity (Wildman–Crippen MR) is 51.6 cm³/mol. The number of benzene rings is 1. The first-order valence-corrected chi connectivity index (χ1v) is 4.41. The third kappa shape index (κ3) is 1.07. The first-order valence-electron chi connectivity index (χ1n) is 3.24. The summed E-state index contributed by atoms with van der Waals surface area (Å²) in [5.74, 6) is 0. The molecule has 0 spiro atoms. The van der Waals surface area contributed by atoms with Crippen molar-refractivity contribution in [2.75, 3.05) is 0 Å². The van der Waals surface area contributed by atoms with Gasteiger partial charge in [0.25, 0.3) is 0 Å². The first kappa shape index (κ1) is 7.89. The van der Waals surface area contributed by atoms with Crippen molar-refractivity contribution in [1.29, 1.82) is 0 Å². The van der Waals surface area contributed by atoms with E-state index >= 15 is 0 Å². The summed E-state index contributed by atoms with van der Waals surface area (Å²) in [5, 5.41) is 0.519. The van der Waals surface area contributed by atoms with Gasteiger partial charge < -0.3 is 9.97 Å². The van der Waals surface area contributed by atoms with Crippen molar-refractivity contribution in [2.45, 2.75) is 0 Å². The molecule has 62 valence electrons. The Hall–Kier alpha value is -0.740. The zero-order valence-corrected chi connectivity index (χ0v) is 8.16. The molecule has 1 aromatic carbocycles. The van der Waals surface area contributed by atoms with Crippen LogP contribution in [-0.2, 0) is 0 Å². The van der Waals surface area contributed by atoms with Gasteiger partial charge in [0.2, 0.25) is 0 Å². The lowest BCUT2D eigenvalue weighted by molar-refractivity contribution is 1.21. The highest BCUT2D eigenvalue weighted by molar-refractivity contribution is 9.10. The Labute approximate surface area is 80.9 Å². The second-order valence-corrected chi connectivity index (χ2v) is 3.60. The Balaban J connectivity index is 2.99. The quantitative estimate of drug-likeness (QED) is 0.737. The van der Waals surface area contributed by atoms with Crippen molar-refractivity contribution in [1.82, 2.24) is 9.97 Å². The average Bonchev–Trinajstić information content (AvgIpc) is 2.39. The van der Waals surface area contributed by atoms with Crippen molar-refractivity contribution < 1.29 is 0 Å². The molecule has 1 aromatic heterocycles. The Morgan fingerprint density at radius 1 is 1.33 bits per heavy atom. The van der Waals surface area contributed by atoms with Crippen molar-refractivity contribution in [3.63, 3.8) is 0 Å². The number of hydrogen-bond donors (Lipinski definition) is 2. The van der Waals surface area contributed by atoms with Crippen LogP contribution in [0, 0.1) is 0 Å². The molecule has 0 aliphatic carbocycles. The Morgan fingerprint density at radius 3 is 2.83 bits per heavy atom. The molecule has 5 heteroatoms. The largest absolute Gasteiger partial charge is 0.323 e. The number of hydrogen-bond acceptors (Lipinski definition) is 1. The summed E-state index contributed by atoms with van der Waals surface area (Å²) in [4.78, 5) is 16.1. The molecule has 12 heavy (non-hydrogen) atoms. The van der Waals surface area contributed by atoms with Crippen molar-refractivity contribution in [3.8, 4) is 0 Å². The molecule has 0 amide bonds. The molecule has 2 rings (SSSR count). The van der Waals surface area contributed by atoms with E-state index in [1.165, 1.54) is 0 Å². The van der Waals surface area contributed by atoms with Crippen LogP contribution in [0.2, 0.25) is 5.02 Å². The number of H-pyrrole nitrogens is 2. The van der Waals surface area contributed by atoms with Gasteiger partial charge in [-0.1, -0.05) is 11.6 Å². The van der Waals surface area contributed by atoms with Gasteiger partial charge in [-0.3, -0.25) is 0 Å². The predicted octanol–water partition coefficient (Wildman–Crippen LogP) is 2.27. The van der Waals surface area contributed by atoms with Crippen LogP contribution in [0.3, 0.4) is 0 Å². The summed E-state index contributed by atoms with van der Waals surface area (Å²) >= 11 is 9.16. The van der Waals surface area contributed by atoms with Crippen LogP contribution in [0.5, 0.6) is 0 Å². The fraction of sp³-hybridized carbons (Fsp3) is 0. The summed E-state index contributed by atoms with van der Waals surface area (Å²) in [5.41, 5.74) is 1.11. The van der Waals surface area contributed by atoms with Crippen LogP contribution < -0.4 is 5.69 Å². The number of fused-ring (bicyclic) bond motifs is 1. The fourth-order valence-electron chi connectivity index (χ4n) is 1.04. The van der Waals surface area contributed by atoms with E-state index in [1.807, 2.05) is 0 Å². The molecule has 0 unspecified atom stereocenters. The SMILES string of the molecule is O=c1[nH]c2ccc(Br)c(Cl)c2[nH]1. The van der Waals surface area contributed by atoms with E-state index < -0.39 is 0 Å². The number of imidazole rings is 1. The minimum absolute atomic E-state index is 0.245. The van der Waals surface area contributed by atoms with E-state index in [0.29, 0.717) is 16.1 Å². The molecular formula is C7H4BrClN2O. The Bertz CT molecular complexity index is 488. The molecule has 2 N–H and O–H groups in total. The fourth-order valence-corrected chi connectivity index (χ4v) is 1.59. The molecule has 0 aliphatic rings. The number of aromatic nitrogens is 2. The van der Waals surface area contributed by atoms with Gasteiger partial charge in [0.1, 0.15) is 0 Å². The lowest BCUT2D eigenvalue weighted by atomic mass is 10.3. The highest BCUT2D eigenvalue weighted by Crippen LogP contribution is 2.27. The molecule has 0 saturated carbocycles. The van der Waals surface area contributed by atoms with Crippen LogP contribution in [0.4, 0.5) is 0 Å². The Kier molecular flexibility index (Phi) is 1.73. The van der Waals surface area contributed by atoms with Crippen molar-refractivity contribution in [3.05, 3.63) is 32.1 Å². The van der Waals surface area contributed by atoms with E-state index in [4.69, 9.17) is 11.6 Å². The van der Waals surface area contributed by atoms with Gasteiger partial charge in [0.05, 0.1) is 16.1 Å². The maximum Gasteiger partial charge on any atom is 0.323 e. The van der Waals surface area contributed by atoms with E-state index in [9.17, 15) is 4.79 Å². The summed E-state index contributed by atoms with van der Waals surface area (Å²) in [6.45, 7) is 0. The average molecular weight is 247 g/mol. The van der Waals surface area contributed by atoms with Gasteiger partial charge in [0.15, 0.2) is 0 Å². The zero-order valence-electron chi connectivity index (χ0n) is 5.82. The normalized spacial score (nSPS) is 10.8. The van der Waals surface area contributed by atoms with Crippen LogP contribution in [0.1, 0.15) is 0 Å². The minimum Gasteiger partial charge on any atom is -0.306 e. The molecule has 0 bridgehead atoms. The minimum atomic E-state index is -0.245. The van der Waals surface area contributed by atoms with E-state index in [0.717, 1.165) is 4.47 Å². The van der Waals surface area contributed by atoms with Gasteiger partial charge in [-0.15, -0.1) is 0 Å². The summed E-state index contributed by atoms with van der Waals surface area (Å²) in [6.07, 6.45) is 0. The lowest BCUT2D eigenvalue weighted by Crippen LogP contribution is -1.99. The highest BCUT2D eigenvalue weighted by Gasteiger charge is 2.05. The third-order valence-corrected chi connectivity index (χ3v) is 2.86. The molecule has 0 radical (unpaired) electrons. The first-order chi connectivity index (χ1) is 5.68. The second-order valence-electron chi connectivity index (χ2n) is 2.36. The van der Waals surface area contributed by atoms with Crippen LogP contribution in [-0.4, -0.2) is 9.97 Å². The molecule has 3 nitrogen and oxygen atoms in total. The number of rotatable bonds is 0. The van der Waals surface area contributed by atoms with Gasteiger partial charge in [-0.2, -0.15) is 0 Å². The smallest absolute Gasteiger partial charge is 0.306 e. The van der Waals surface area contributed by atoms with Crippen LogP contribution in [0.25, 0.3) is 11.0 Å². The van der Waals surface area contributed by atoms with Gasteiger partial charge in [-0.25, -0.2) is 4.79 Å². The van der Waals surface area contributed by atoms with Crippen LogP contribution >= 0.6 is 27.5 Å². The molecule has 2 aromatic rings. The standard InChI is InChI=1S/C7H4BrClN2O/c8-3-1-2-4-6(5(3)9)11-7(12)10-4/h1-2H,(H2,10,11,12). The monoisotopic (exact) mass is 246 g/mol. The second kappa shape index (κ2) is 2.64. The summed E-state index contributed by atoms with van der Waals surface area (Å²) in [7, 11) is 0. The van der Waals surface area contributed by atoms with Gasteiger partial charge in [0, 0.05) is 4.47 Å². The van der Waals surface area contributed by atoms with Crippen molar-refractivity contribution in [2.24, 2.45) is 0 Å². The summed E-state index contributed by atoms with van der Waals surface area (Å²) < 4.78 is 0.770. The Morgan fingerprint density at radius 2 is 2.08 bits per heavy atom. The maximum absolute atomic E-state index is 10.9. The van der Waals surface area contributed by atoms with E-state index in [1.54, 1.807) is 12.1 Å². The molecule has 0 fully saturated rings. The van der Waals surface area contributed by atoms with Crippen molar-refractivity contribution >= 4 is 38.6 Å². The zero-order chi connectivity index (χ0) is 8.72.